The number of aliphatic imine (C=N–C) groups is 1. The van der Waals surface area contributed by atoms with Crippen LogP contribution in [0.4, 0.5) is 0 Å². The number of rotatable bonds is 9. The third-order valence-electron chi connectivity index (χ3n) is 4.33. The number of hydrogen-bond donors (Lipinski definition) is 2. The summed E-state index contributed by atoms with van der Waals surface area (Å²) in [5, 5.41) is 14.5. The summed E-state index contributed by atoms with van der Waals surface area (Å²) in [7, 11) is 1.74. The van der Waals surface area contributed by atoms with E-state index in [-0.39, 0.29) is 12.1 Å². The largest absolute Gasteiger partial charge is 0.462 e. The van der Waals surface area contributed by atoms with E-state index in [2.05, 4.69) is 32.7 Å². The van der Waals surface area contributed by atoms with E-state index in [4.69, 9.17) is 4.74 Å². The SMILES string of the molecule is CCc1nncn1CCNC(=NC)NCCCC(=O)OC1CCCC1. The number of aryl methyl sites for hydroxylation is 1. The summed E-state index contributed by atoms with van der Waals surface area (Å²) in [6.07, 6.45) is 8.34. The van der Waals surface area contributed by atoms with E-state index in [1.54, 1.807) is 13.4 Å². The zero-order valence-corrected chi connectivity index (χ0v) is 15.3. The van der Waals surface area contributed by atoms with Crippen molar-refractivity contribution in [3.05, 3.63) is 12.2 Å². The van der Waals surface area contributed by atoms with Crippen molar-refractivity contribution < 1.29 is 9.53 Å². The highest BCUT2D eigenvalue weighted by molar-refractivity contribution is 5.79. The Balaban J connectivity index is 1.56. The number of hydrogen-bond acceptors (Lipinski definition) is 5. The highest BCUT2D eigenvalue weighted by Gasteiger charge is 2.18. The van der Waals surface area contributed by atoms with Crippen LogP contribution in [0.15, 0.2) is 11.3 Å². The van der Waals surface area contributed by atoms with E-state index < -0.39 is 0 Å². The quantitative estimate of drug-likeness (QED) is 0.301. The molecule has 1 aromatic heterocycles. The number of carbonyl (C=O) groups is 1. The van der Waals surface area contributed by atoms with Gasteiger partial charge in [-0.2, -0.15) is 0 Å². The zero-order valence-electron chi connectivity index (χ0n) is 15.3. The normalized spacial score (nSPS) is 15.4. The van der Waals surface area contributed by atoms with Crippen LogP contribution in [0.5, 0.6) is 0 Å². The first-order valence-corrected chi connectivity index (χ1v) is 9.23. The van der Waals surface area contributed by atoms with Gasteiger partial charge in [0.15, 0.2) is 5.96 Å². The van der Waals surface area contributed by atoms with Crippen LogP contribution in [0, 0.1) is 0 Å². The van der Waals surface area contributed by atoms with Crippen LogP contribution in [-0.4, -0.2) is 52.9 Å². The molecule has 8 heteroatoms. The van der Waals surface area contributed by atoms with Gasteiger partial charge in [-0.25, -0.2) is 0 Å². The minimum atomic E-state index is -0.0867. The molecule has 1 aliphatic carbocycles. The average molecular weight is 350 g/mol. The smallest absolute Gasteiger partial charge is 0.306 e. The molecule has 0 bridgehead atoms. The Labute approximate surface area is 149 Å². The standard InChI is InChI=1S/C17H30N6O2/c1-3-15-22-21-13-23(15)12-11-20-17(18-2)19-10-6-9-16(24)25-14-7-4-5-8-14/h13-14H,3-12H2,1-2H3,(H2,18,19,20). The molecule has 2 rings (SSSR count). The summed E-state index contributed by atoms with van der Waals surface area (Å²) in [5.41, 5.74) is 0. The number of esters is 1. The number of ether oxygens (including phenoxy) is 1. The molecule has 8 nitrogen and oxygen atoms in total. The predicted octanol–water partition coefficient (Wildman–Crippen LogP) is 1.27. The molecule has 1 aliphatic rings. The van der Waals surface area contributed by atoms with Gasteiger partial charge in [0, 0.05) is 39.5 Å². The molecule has 2 N–H and O–H groups in total. The van der Waals surface area contributed by atoms with Gasteiger partial charge in [-0.05, 0) is 32.1 Å². The van der Waals surface area contributed by atoms with Crippen molar-refractivity contribution in [3.8, 4) is 0 Å². The fraction of sp³-hybridized carbons (Fsp3) is 0.765. The molecule has 140 valence electrons. The molecule has 1 heterocycles. The maximum Gasteiger partial charge on any atom is 0.306 e. The first-order valence-electron chi connectivity index (χ1n) is 9.23. The highest BCUT2D eigenvalue weighted by atomic mass is 16.5. The lowest BCUT2D eigenvalue weighted by Gasteiger charge is -2.13. The summed E-state index contributed by atoms with van der Waals surface area (Å²) in [6.45, 7) is 4.26. The molecule has 0 spiro atoms. The van der Waals surface area contributed by atoms with E-state index in [1.165, 1.54) is 12.8 Å². The van der Waals surface area contributed by atoms with Gasteiger partial charge in [-0.15, -0.1) is 10.2 Å². The van der Waals surface area contributed by atoms with Crippen LogP contribution in [0.3, 0.4) is 0 Å². The lowest BCUT2D eigenvalue weighted by atomic mass is 10.3. The molecule has 25 heavy (non-hydrogen) atoms. The number of nitrogens with one attached hydrogen (secondary N) is 2. The molecule has 0 saturated heterocycles. The van der Waals surface area contributed by atoms with E-state index in [0.717, 1.165) is 50.6 Å². The molecular formula is C17H30N6O2. The third-order valence-corrected chi connectivity index (χ3v) is 4.33. The van der Waals surface area contributed by atoms with Crippen molar-refractivity contribution in [3.63, 3.8) is 0 Å². The molecule has 0 amide bonds. The van der Waals surface area contributed by atoms with Crippen LogP contribution in [0.25, 0.3) is 0 Å². The maximum atomic E-state index is 11.8. The molecule has 1 saturated carbocycles. The van der Waals surface area contributed by atoms with E-state index >= 15 is 0 Å². The van der Waals surface area contributed by atoms with Crippen LogP contribution in [0.2, 0.25) is 0 Å². The van der Waals surface area contributed by atoms with Gasteiger partial charge < -0.3 is 19.9 Å². The Bertz CT molecular complexity index is 551. The molecule has 0 radical (unpaired) electrons. The minimum Gasteiger partial charge on any atom is -0.462 e. The highest BCUT2D eigenvalue weighted by Crippen LogP contribution is 2.21. The Morgan fingerprint density at radius 1 is 1.36 bits per heavy atom. The van der Waals surface area contributed by atoms with Crippen LogP contribution >= 0.6 is 0 Å². The van der Waals surface area contributed by atoms with Crippen molar-refractivity contribution in [1.82, 2.24) is 25.4 Å². The molecule has 1 aromatic rings. The van der Waals surface area contributed by atoms with Crippen molar-refractivity contribution in [2.75, 3.05) is 20.1 Å². The Hall–Kier alpha value is -2.12. The monoisotopic (exact) mass is 350 g/mol. The summed E-state index contributed by atoms with van der Waals surface area (Å²) < 4.78 is 7.47. The summed E-state index contributed by atoms with van der Waals surface area (Å²) in [4.78, 5) is 16.0. The summed E-state index contributed by atoms with van der Waals surface area (Å²) >= 11 is 0. The van der Waals surface area contributed by atoms with Crippen LogP contribution in [-0.2, 0) is 22.5 Å². The van der Waals surface area contributed by atoms with Crippen molar-refractivity contribution >= 4 is 11.9 Å². The van der Waals surface area contributed by atoms with E-state index in [1.807, 2.05) is 4.57 Å². The topological polar surface area (TPSA) is 93.4 Å². The molecular weight excluding hydrogens is 320 g/mol. The maximum absolute atomic E-state index is 11.8. The van der Waals surface area contributed by atoms with E-state index in [0.29, 0.717) is 13.0 Å². The van der Waals surface area contributed by atoms with Crippen molar-refractivity contribution in [1.29, 1.82) is 0 Å². The fourth-order valence-corrected chi connectivity index (χ4v) is 2.95. The zero-order chi connectivity index (χ0) is 17.9. The third kappa shape index (κ3) is 6.72. The second-order valence-electron chi connectivity index (χ2n) is 6.22. The first-order chi connectivity index (χ1) is 12.2. The minimum absolute atomic E-state index is 0.0867. The first kappa shape index (κ1) is 19.2. The van der Waals surface area contributed by atoms with Crippen molar-refractivity contribution in [2.24, 2.45) is 4.99 Å². The number of guanidine groups is 1. The van der Waals surface area contributed by atoms with Gasteiger partial charge in [-0.1, -0.05) is 6.92 Å². The molecule has 1 fully saturated rings. The summed E-state index contributed by atoms with van der Waals surface area (Å²) in [6, 6.07) is 0. The molecule has 0 aliphatic heterocycles. The Morgan fingerprint density at radius 2 is 2.12 bits per heavy atom. The lowest BCUT2D eigenvalue weighted by Crippen LogP contribution is -2.39. The van der Waals surface area contributed by atoms with Gasteiger partial charge in [0.25, 0.3) is 0 Å². The molecule has 0 unspecified atom stereocenters. The van der Waals surface area contributed by atoms with Gasteiger partial charge in [0.2, 0.25) is 0 Å². The van der Waals surface area contributed by atoms with Gasteiger partial charge in [-0.3, -0.25) is 9.79 Å². The molecule has 0 atom stereocenters. The van der Waals surface area contributed by atoms with Gasteiger partial charge >= 0.3 is 5.97 Å². The average Bonchev–Trinajstić information content (AvgIpc) is 3.28. The number of nitrogens with zero attached hydrogens (tertiary/aromatic N) is 4. The second-order valence-corrected chi connectivity index (χ2v) is 6.22. The van der Waals surface area contributed by atoms with Crippen molar-refractivity contribution in [2.45, 2.75) is 64.5 Å². The van der Waals surface area contributed by atoms with Crippen LogP contribution < -0.4 is 10.6 Å². The number of carbonyl (C=O) groups excluding carboxylic acids is 1. The van der Waals surface area contributed by atoms with Gasteiger partial charge in [0.1, 0.15) is 18.3 Å². The fourth-order valence-electron chi connectivity index (χ4n) is 2.95. The Kier molecular flexibility index (Phi) is 8.21. The number of aromatic nitrogens is 3. The van der Waals surface area contributed by atoms with E-state index in [9.17, 15) is 4.79 Å². The molecule has 0 aromatic carbocycles. The Morgan fingerprint density at radius 3 is 2.84 bits per heavy atom. The summed E-state index contributed by atoms with van der Waals surface area (Å²) in [5.74, 6) is 1.62. The predicted molar refractivity (Wildman–Crippen MR) is 96.3 cm³/mol. The lowest BCUT2D eigenvalue weighted by molar-refractivity contribution is -0.148. The van der Waals surface area contributed by atoms with Crippen LogP contribution in [0.1, 0.15) is 51.3 Å². The van der Waals surface area contributed by atoms with Gasteiger partial charge in [0.05, 0.1) is 0 Å². The second kappa shape index (κ2) is 10.7.